The van der Waals surface area contributed by atoms with Gasteiger partial charge in [0.2, 0.25) is 0 Å². The average Bonchev–Trinajstić information content (AvgIpc) is 3.25. The van der Waals surface area contributed by atoms with Crippen molar-refractivity contribution < 1.29 is 9.53 Å². The fourth-order valence-electron chi connectivity index (χ4n) is 3.86. The van der Waals surface area contributed by atoms with Crippen LogP contribution in [0.2, 0.25) is 0 Å². The largest absolute Gasteiger partial charge is 0.454 e. The molecule has 5 rings (SSSR count). The van der Waals surface area contributed by atoms with Gasteiger partial charge in [0.25, 0.3) is 5.91 Å². The number of nitrogens with one attached hydrogen (secondary N) is 1. The number of para-hydroxylation sites is 2. The number of hydrogen-bond acceptors (Lipinski definition) is 5. The molecule has 0 unspecified atom stereocenters. The van der Waals surface area contributed by atoms with Crippen molar-refractivity contribution in [2.45, 2.75) is 19.8 Å². The second-order valence-electron chi connectivity index (χ2n) is 7.82. The van der Waals surface area contributed by atoms with E-state index in [4.69, 9.17) is 9.73 Å². The molecule has 0 spiro atoms. The highest BCUT2D eigenvalue weighted by atomic mass is 32.1. The molecule has 0 aliphatic carbocycles. The van der Waals surface area contributed by atoms with E-state index in [2.05, 4.69) is 17.1 Å². The number of anilines is 1. The van der Waals surface area contributed by atoms with Crippen LogP contribution in [-0.4, -0.2) is 29.7 Å². The number of thiophene rings is 1. The van der Waals surface area contributed by atoms with Crippen molar-refractivity contribution in [3.8, 4) is 11.5 Å². The van der Waals surface area contributed by atoms with Gasteiger partial charge in [-0.05, 0) is 60.5 Å². The maximum atomic E-state index is 12.5. The third kappa shape index (κ3) is 3.71. The number of hydrogen-bond donors (Lipinski definition) is 1. The summed E-state index contributed by atoms with van der Waals surface area (Å²) in [5, 5.41) is 4.91. The first-order valence-corrected chi connectivity index (χ1v) is 11.1. The molecule has 152 valence electrons. The number of carbonyl (C=O) groups excluding carboxylic acids is 1. The first kappa shape index (κ1) is 18.9. The Morgan fingerprint density at radius 3 is 2.73 bits per heavy atom. The molecule has 3 aromatic rings. The molecular weight excluding hydrogens is 394 g/mol. The lowest BCUT2D eigenvalue weighted by Gasteiger charge is -2.33. The number of aliphatic imine (C=N–C) groups is 1. The van der Waals surface area contributed by atoms with Crippen LogP contribution in [0.25, 0.3) is 0 Å². The SMILES string of the molecule is CC1CCN(C2=Nc3ccccc3Oc3ccc(NC(=O)c4cccs4)cc32)CC1. The fourth-order valence-corrected chi connectivity index (χ4v) is 4.48. The molecule has 1 fully saturated rings. The molecule has 1 amide bonds. The van der Waals surface area contributed by atoms with Crippen molar-refractivity contribution in [2.24, 2.45) is 10.9 Å². The second kappa shape index (κ2) is 7.95. The van der Waals surface area contributed by atoms with Crippen molar-refractivity contribution in [2.75, 3.05) is 18.4 Å². The third-order valence-electron chi connectivity index (χ3n) is 5.62. The smallest absolute Gasteiger partial charge is 0.265 e. The Balaban J connectivity index is 1.54. The highest BCUT2D eigenvalue weighted by molar-refractivity contribution is 7.12. The molecule has 2 aliphatic rings. The Morgan fingerprint density at radius 2 is 1.93 bits per heavy atom. The minimum atomic E-state index is -0.104. The zero-order chi connectivity index (χ0) is 20.5. The van der Waals surface area contributed by atoms with Crippen molar-refractivity contribution in [1.82, 2.24) is 4.90 Å². The van der Waals surface area contributed by atoms with Crippen LogP contribution in [0.1, 0.15) is 35.0 Å². The molecule has 0 radical (unpaired) electrons. The van der Waals surface area contributed by atoms with E-state index in [0.717, 1.165) is 66.1 Å². The quantitative estimate of drug-likeness (QED) is 0.563. The van der Waals surface area contributed by atoms with Gasteiger partial charge < -0.3 is 15.0 Å². The highest BCUT2D eigenvalue weighted by Gasteiger charge is 2.26. The van der Waals surface area contributed by atoms with E-state index in [9.17, 15) is 4.79 Å². The van der Waals surface area contributed by atoms with Gasteiger partial charge in [-0.2, -0.15) is 0 Å². The molecule has 0 atom stereocenters. The highest BCUT2D eigenvalue weighted by Crippen LogP contribution is 2.39. The number of rotatable bonds is 2. The number of piperidine rings is 1. The molecule has 30 heavy (non-hydrogen) atoms. The van der Waals surface area contributed by atoms with E-state index in [1.54, 1.807) is 0 Å². The lowest BCUT2D eigenvalue weighted by molar-refractivity contribution is 0.103. The van der Waals surface area contributed by atoms with Crippen LogP contribution >= 0.6 is 11.3 Å². The summed E-state index contributed by atoms with van der Waals surface area (Å²) in [7, 11) is 0. The Morgan fingerprint density at radius 1 is 1.10 bits per heavy atom. The van der Waals surface area contributed by atoms with E-state index >= 15 is 0 Å². The van der Waals surface area contributed by atoms with Gasteiger partial charge in [0.15, 0.2) is 5.75 Å². The van der Waals surface area contributed by atoms with Crippen LogP contribution in [0.4, 0.5) is 11.4 Å². The molecule has 2 aliphatic heterocycles. The zero-order valence-electron chi connectivity index (χ0n) is 16.8. The Hall–Kier alpha value is -3.12. The molecule has 1 N–H and O–H groups in total. The monoisotopic (exact) mass is 417 g/mol. The molecule has 3 heterocycles. The first-order valence-electron chi connectivity index (χ1n) is 10.3. The van der Waals surface area contributed by atoms with Gasteiger partial charge in [-0.15, -0.1) is 11.3 Å². The van der Waals surface area contributed by atoms with E-state index in [0.29, 0.717) is 4.88 Å². The summed E-state index contributed by atoms with van der Waals surface area (Å²) in [5.74, 6) is 3.04. The normalized spacial score (nSPS) is 16.0. The number of carbonyl (C=O) groups is 1. The number of benzene rings is 2. The summed E-state index contributed by atoms with van der Waals surface area (Å²) in [6, 6.07) is 17.3. The predicted molar refractivity (Wildman–Crippen MR) is 121 cm³/mol. The molecule has 2 aromatic carbocycles. The molecular formula is C24H23N3O2S. The number of likely N-dealkylation sites (tertiary alicyclic amines) is 1. The fraction of sp³-hybridized carbons (Fsp3) is 0.250. The Bertz CT molecular complexity index is 1100. The maximum Gasteiger partial charge on any atom is 0.265 e. The minimum Gasteiger partial charge on any atom is -0.454 e. The third-order valence-corrected chi connectivity index (χ3v) is 6.49. The van der Waals surface area contributed by atoms with E-state index in [1.165, 1.54) is 11.3 Å². The lowest BCUT2D eigenvalue weighted by atomic mass is 9.98. The summed E-state index contributed by atoms with van der Waals surface area (Å²) in [6.45, 7) is 4.23. The molecule has 1 aromatic heterocycles. The lowest BCUT2D eigenvalue weighted by Crippen LogP contribution is -2.38. The summed E-state index contributed by atoms with van der Waals surface area (Å²) >= 11 is 1.43. The van der Waals surface area contributed by atoms with Gasteiger partial charge in [0, 0.05) is 18.8 Å². The van der Waals surface area contributed by atoms with Crippen LogP contribution in [0.5, 0.6) is 11.5 Å². The van der Waals surface area contributed by atoms with Crippen LogP contribution in [0.15, 0.2) is 65.0 Å². The van der Waals surface area contributed by atoms with E-state index in [1.807, 2.05) is 60.0 Å². The molecule has 5 nitrogen and oxygen atoms in total. The van der Waals surface area contributed by atoms with Gasteiger partial charge in [-0.25, -0.2) is 4.99 Å². The predicted octanol–water partition coefficient (Wildman–Crippen LogP) is 5.92. The van der Waals surface area contributed by atoms with E-state index < -0.39 is 0 Å². The average molecular weight is 418 g/mol. The molecule has 6 heteroatoms. The molecule has 0 saturated carbocycles. The number of ether oxygens (including phenoxy) is 1. The topological polar surface area (TPSA) is 53.9 Å². The van der Waals surface area contributed by atoms with Gasteiger partial charge >= 0.3 is 0 Å². The zero-order valence-corrected chi connectivity index (χ0v) is 17.6. The van der Waals surface area contributed by atoms with Gasteiger partial charge in [0.1, 0.15) is 17.3 Å². The number of nitrogens with zero attached hydrogens (tertiary/aromatic N) is 2. The summed E-state index contributed by atoms with van der Waals surface area (Å²) in [4.78, 5) is 20.6. The Kier molecular flexibility index (Phi) is 5.01. The molecule has 1 saturated heterocycles. The van der Waals surface area contributed by atoms with Crippen molar-refractivity contribution in [3.63, 3.8) is 0 Å². The maximum absolute atomic E-state index is 12.5. The van der Waals surface area contributed by atoms with Crippen LogP contribution in [0.3, 0.4) is 0 Å². The minimum absolute atomic E-state index is 0.104. The van der Waals surface area contributed by atoms with E-state index in [-0.39, 0.29) is 5.91 Å². The standard InChI is InChI=1S/C24H23N3O2S/c1-16-10-12-27(13-11-16)23-18-15-17(25-24(28)22-7-4-14-30-22)8-9-20(18)29-21-6-3-2-5-19(21)26-23/h2-9,14-16H,10-13H2,1H3,(H,25,28). The summed E-state index contributed by atoms with van der Waals surface area (Å²) < 4.78 is 6.22. The van der Waals surface area contributed by atoms with Crippen LogP contribution in [-0.2, 0) is 0 Å². The van der Waals surface area contributed by atoms with Crippen molar-refractivity contribution in [3.05, 3.63) is 70.4 Å². The Labute approximate surface area is 180 Å². The van der Waals surface area contributed by atoms with Crippen molar-refractivity contribution >= 4 is 34.5 Å². The van der Waals surface area contributed by atoms with Gasteiger partial charge in [-0.3, -0.25) is 4.79 Å². The first-order chi connectivity index (χ1) is 14.7. The van der Waals surface area contributed by atoms with Crippen molar-refractivity contribution in [1.29, 1.82) is 0 Å². The van der Waals surface area contributed by atoms with Gasteiger partial charge in [-0.1, -0.05) is 25.1 Å². The summed E-state index contributed by atoms with van der Waals surface area (Å²) in [5.41, 5.74) is 2.47. The summed E-state index contributed by atoms with van der Waals surface area (Å²) in [6.07, 6.45) is 2.29. The molecule has 0 bridgehead atoms. The second-order valence-corrected chi connectivity index (χ2v) is 8.76. The van der Waals surface area contributed by atoms with Crippen LogP contribution < -0.4 is 10.1 Å². The number of amides is 1. The number of amidine groups is 1. The number of fused-ring (bicyclic) bond motifs is 2. The van der Waals surface area contributed by atoms with Crippen LogP contribution in [0, 0.1) is 5.92 Å². The van der Waals surface area contributed by atoms with Gasteiger partial charge in [0.05, 0.1) is 10.4 Å².